The van der Waals surface area contributed by atoms with Crippen LogP contribution >= 0.6 is 0 Å². The van der Waals surface area contributed by atoms with E-state index in [1.165, 1.54) is 0 Å². The Balaban J connectivity index is 2.37. The summed E-state index contributed by atoms with van der Waals surface area (Å²) in [5, 5.41) is -0.324. The normalized spacial score (nSPS) is 12.3. The van der Waals surface area contributed by atoms with Crippen molar-refractivity contribution in [3.8, 4) is 0 Å². The lowest BCUT2D eigenvalue weighted by atomic mass is 10.0. The number of hydrogen-bond donors (Lipinski definition) is 1. The van der Waals surface area contributed by atoms with Gasteiger partial charge in [0.25, 0.3) is 5.91 Å². The zero-order chi connectivity index (χ0) is 13.7. The van der Waals surface area contributed by atoms with E-state index in [4.69, 9.17) is 5.73 Å². The van der Waals surface area contributed by atoms with Gasteiger partial charge in [-0.15, -0.1) is 0 Å². The van der Waals surface area contributed by atoms with Crippen molar-refractivity contribution in [1.29, 1.82) is 0 Å². The molecule has 1 atom stereocenters. The molecule has 2 N–H and O–H groups in total. The number of benzene rings is 2. The predicted octanol–water partition coefficient (Wildman–Crippen LogP) is 2.01. The fraction of sp³-hybridized carbons (Fsp3) is 0.133. The summed E-state index contributed by atoms with van der Waals surface area (Å²) in [5.41, 5.74) is 7.00. The van der Waals surface area contributed by atoms with E-state index in [2.05, 4.69) is 0 Å². The lowest BCUT2D eigenvalue weighted by Crippen LogP contribution is -2.27. The Kier molecular flexibility index (Phi) is 4.60. The lowest BCUT2D eigenvalue weighted by molar-refractivity contribution is -0.115. The highest BCUT2D eigenvalue weighted by Gasteiger charge is 2.27. The van der Waals surface area contributed by atoms with Gasteiger partial charge in [0.1, 0.15) is 0 Å². The second-order valence-corrected chi connectivity index (χ2v) is 5.71. The van der Waals surface area contributed by atoms with Crippen LogP contribution in [0, 0.1) is 0 Å². The van der Waals surface area contributed by atoms with Crippen LogP contribution in [0.4, 0.5) is 0 Å². The van der Waals surface area contributed by atoms with Gasteiger partial charge in [0.2, 0.25) is 0 Å². The molecule has 4 heteroatoms. The lowest BCUT2D eigenvalue weighted by Gasteiger charge is -2.21. The van der Waals surface area contributed by atoms with Gasteiger partial charge in [-0.3, -0.25) is 4.79 Å². The molecule has 0 bridgehead atoms. The summed E-state index contributed by atoms with van der Waals surface area (Å²) in [5.74, 6) is -0.677. The predicted molar refractivity (Wildman–Crippen MR) is 76.9 cm³/mol. The highest BCUT2D eigenvalue weighted by atomic mass is 32.2. The minimum Gasteiger partial charge on any atom is -0.615 e. The van der Waals surface area contributed by atoms with Crippen molar-refractivity contribution in [2.75, 3.05) is 5.75 Å². The van der Waals surface area contributed by atoms with E-state index in [0.717, 1.165) is 11.1 Å². The summed E-state index contributed by atoms with van der Waals surface area (Å²) in [4.78, 5) is 11.0. The van der Waals surface area contributed by atoms with Crippen molar-refractivity contribution in [3.63, 3.8) is 0 Å². The van der Waals surface area contributed by atoms with Crippen LogP contribution < -0.4 is 5.73 Å². The topological polar surface area (TPSA) is 66.2 Å². The second kappa shape index (κ2) is 6.41. The molecule has 0 aliphatic heterocycles. The zero-order valence-corrected chi connectivity index (χ0v) is 11.2. The van der Waals surface area contributed by atoms with Gasteiger partial charge in [-0.1, -0.05) is 60.7 Å². The maximum absolute atomic E-state index is 12.4. The number of carbonyl (C=O) groups is 1. The first kappa shape index (κ1) is 13.6. The fourth-order valence-electron chi connectivity index (χ4n) is 1.98. The van der Waals surface area contributed by atoms with Crippen LogP contribution in [-0.4, -0.2) is 16.2 Å². The molecule has 0 aromatic heterocycles. The Morgan fingerprint density at radius 3 is 1.79 bits per heavy atom. The van der Waals surface area contributed by atoms with Gasteiger partial charge >= 0.3 is 0 Å². The van der Waals surface area contributed by atoms with Gasteiger partial charge in [0.05, 0.1) is 0 Å². The van der Waals surface area contributed by atoms with Crippen LogP contribution in [0.5, 0.6) is 0 Å². The smallest absolute Gasteiger partial charge is 0.267 e. The van der Waals surface area contributed by atoms with Crippen molar-refractivity contribution in [2.24, 2.45) is 5.73 Å². The Morgan fingerprint density at radius 1 is 1.00 bits per heavy atom. The summed E-state index contributed by atoms with van der Waals surface area (Å²) in [6.07, 6.45) is 0. The molecule has 0 spiro atoms. The van der Waals surface area contributed by atoms with E-state index in [9.17, 15) is 9.35 Å². The molecule has 0 unspecified atom stereocenters. The number of primary amides is 1. The summed E-state index contributed by atoms with van der Waals surface area (Å²) in [6, 6.07) is 19.0. The van der Waals surface area contributed by atoms with E-state index in [0.29, 0.717) is 0 Å². The number of amides is 1. The molecule has 3 nitrogen and oxygen atoms in total. The van der Waals surface area contributed by atoms with Gasteiger partial charge in [-0.25, -0.2) is 0 Å². The van der Waals surface area contributed by atoms with Crippen LogP contribution in [0.25, 0.3) is 0 Å². The molecule has 2 rings (SSSR count). The molecule has 0 fully saturated rings. The average molecular weight is 273 g/mol. The van der Waals surface area contributed by atoms with Gasteiger partial charge < -0.3 is 10.3 Å². The molecule has 98 valence electrons. The van der Waals surface area contributed by atoms with E-state index in [-0.39, 0.29) is 11.0 Å². The minimum absolute atomic E-state index is 0.131. The monoisotopic (exact) mass is 273 g/mol. The Hall–Kier alpha value is -1.78. The molecular formula is C15H15NO2S. The Labute approximate surface area is 115 Å². The molecule has 0 heterocycles. The van der Waals surface area contributed by atoms with Crippen LogP contribution in [0.3, 0.4) is 0 Å². The van der Waals surface area contributed by atoms with E-state index in [1.807, 2.05) is 60.7 Å². The first-order chi connectivity index (χ1) is 9.18. The molecule has 0 saturated heterocycles. The molecule has 1 amide bonds. The van der Waals surface area contributed by atoms with Crippen LogP contribution in [-0.2, 0) is 16.0 Å². The fourth-order valence-corrected chi connectivity index (χ4v) is 3.34. The summed E-state index contributed by atoms with van der Waals surface area (Å²) in [7, 11) is 0. The van der Waals surface area contributed by atoms with Gasteiger partial charge in [-0.05, 0) is 11.2 Å². The molecule has 2 aromatic rings. The Bertz CT molecular complexity index is 491. The number of nitrogens with two attached hydrogens (primary N) is 1. The van der Waals surface area contributed by atoms with Crippen molar-refractivity contribution in [2.45, 2.75) is 5.25 Å². The maximum atomic E-state index is 12.4. The third kappa shape index (κ3) is 3.59. The molecule has 0 radical (unpaired) electrons. The van der Waals surface area contributed by atoms with E-state index < -0.39 is 17.1 Å². The number of rotatable bonds is 5. The summed E-state index contributed by atoms with van der Waals surface area (Å²) in [6.45, 7) is 0. The highest BCUT2D eigenvalue weighted by Crippen LogP contribution is 2.30. The van der Waals surface area contributed by atoms with Crippen LogP contribution in [0.2, 0.25) is 0 Å². The first-order valence-corrected chi connectivity index (χ1v) is 7.32. The summed E-state index contributed by atoms with van der Waals surface area (Å²) < 4.78 is 12.4. The highest BCUT2D eigenvalue weighted by molar-refractivity contribution is 7.92. The second-order valence-electron chi connectivity index (χ2n) is 4.19. The molecule has 0 aliphatic rings. The van der Waals surface area contributed by atoms with Gasteiger partial charge in [0.15, 0.2) is 11.0 Å². The largest absolute Gasteiger partial charge is 0.615 e. The molecule has 0 aliphatic carbocycles. The summed E-state index contributed by atoms with van der Waals surface area (Å²) >= 11 is -1.36. The van der Waals surface area contributed by atoms with Crippen molar-refractivity contribution in [1.82, 2.24) is 0 Å². The van der Waals surface area contributed by atoms with Crippen LogP contribution in [0.1, 0.15) is 16.4 Å². The first-order valence-electron chi connectivity index (χ1n) is 5.94. The van der Waals surface area contributed by atoms with Gasteiger partial charge in [0, 0.05) is 11.1 Å². The SMILES string of the molecule is NC(=O)C[S@+]([O-])C(c1ccccc1)c1ccccc1. The zero-order valence-electron chi connectivity index (χ0n) is 10.4. The van der Waals surface area contributed by atoms with Crippen molar-refractivity contribution >= 4 is 17.1 Å². The number of hydrogen-bond acceptors (Lipinski definition) is 2. The van der Waals surface area contributed by atoms with Crippen LogP contribution in [0.15, 0.2) is 60.7 Å². The van der Waals surface area contributed by atoms with E-state index >= 15 is 0 Å². The molecular weight excluding hydrogens is 258 g/mol. The minimum atomic E-state index is -1.36. The molecule has 0 saturated carbocycles. The average Bonchev–Trinajstić information content (AvgIpc) is 2.40. The molecule has 19 heavy (non-hydrogen) atoms. The van der Waals surface area contributed by atoms with Crippen molar-refractivity contribution < 1.29 is 9.35 Å². The van der Waals surface area contributed by atoms with Crippen molar-refractivity contribution in [3.05, 3.63) is 71.8 Å². The number of carbonyl (C=O) groups excluding carboxylic acids is 1. The van der Waals surface area contributed by atoms with E-state index in [1.54, 1.807) is 0 Å². The van der Waals surface area contributed by atoms with Gasteiger partial charge in [-0.2, -0.15) is 0 Å². The quantitative estimate of drug-likeness (QED) is 0.847. The standard InChI is InChI=1S/C15H15NO2S/c16-14(17)11-19(18)15(12-7-3-1-4-8-12)13-9-5-2-6-10-13/h1-10,15H,11H2,(H2,16,17)/t19-/m0/s1. The molecule has 2 aromatic carbocycles. The third-order valence-electron chi connectivity index (χ3n) is 2.75. The Morgan fingerprint density at radius 2 is 1.42 bits per heavy atom. The maximum Gasteiger partial charge on any atom is 0.267 e. The third-order valence-corrected chi connectivity index (χ3v) is 4.39.